The van der Waals surface area contributed by atoms with Gasteiger partial charge in [-0.1, -0.05) is 17.7 Å². The molecule has 0 saturated carbocycles. The molecule has 0 bridgehead atoms. The largest absolute Gasteiger partial charge is 0.339 e. The zero-order valence-electron chi connectivity index (χ0n) is 14.2. The normalized spacial score (nSPS) is 16.0. The van der Waals surface area contributed by atoms with Crippen molar-refractivity contribution in [1.29, 1.82) is 0 Å². The van der Waals surface area contributed by atoms with Crippen LogP contribution in [0.25, 0.3) is 0 Å². The number of carbonyl (C=O) groups is 1. The van der Waals surface area contributed by atoms with Crippen molar-refractivity contribution in [3.05, 3.63) is 28.8 Å². The van der Waals surface area contributed by atoms with Crippen molar-refractivity contribution in [2.75, 3.05) is 39.8 Å². The summed E-state index contributed by atoms with van der Waals surface area (Å²) in [6.07, 6.45) is 0. The molecule has 0 aliphatic carbocycles. The molecule has 0 spiro atoms. The molecule has 1 aliphatic rings. The Bertz CT molecular complexity index is 672. The Morgan fingerprint density at radius 1 is 1.17 bits per heavy atom. The third kappa shape index (κ3) is 3.91. The molecule has 0 radical (unpaired) electrons. The van der Waals surface area contributed by atoms with Gasteiger partial charge in [-0.2, -0.15) is 4.31 Å². The van der Waals surface area contributed by atoms with E-state index >= 15 is 0 Å². The van der Waals surface area contributed by atoms with Crippen molar-refractivity contribution in [2.24, 2.45) is 0 Å². The average Bonchev–Trinajstić information content (AvgIpc) is 2.46. The molecule has 0 unspecified atom stereocenters. The highest BCUT2D eigenvalue weighted by Crippen LogP contribution is 2.24. The number of carbonyl (C=O) groups excluding carboxylic acids is 1. The minimum absolute atomic E-state index is 0.130. The second kappa shape index (κ2) is 6.98. The van der Waals surface area contributed by atoms with E-state index in [1.165, 1.54) is 7.05 Å². The number of nitrogens with one attached hydrogen (secondary N) is 1. The van der Waals surface area contributed by atoms with Gasteiger partial charge < -0.3 is 10.2 Å². The van der Waals surface area contributed by atoms with Gasteiger partial charge in [0.15, 0.2) is 0 Å². The lowest BCUT2D eigenvalue weighted by Crippen LogP contribution is -2.49. The SMILES string of the molecule is Cc1cc(C)c(S(=O)(=O)N(C)CC(=O)N2CCNCC2)c(C)c1. The molecule has 1 saturated heterocycles. The molecular formula is C16H25N3O3S. The smallest absolute Gasteiger partial charge is 0.243 e. The fourth-order valence-corrected chi connectivity index (χ4v) is 4.54. The van der Waals surface area contributed by atoms with E-state index in [9.17, 15) is 13.2 Å². The van der Waals surface area contributed by atoms with E-state index in [4.69, 9.17) is 0 Å². The first-order chi connectivity index (χ1) is 10.7. The minimum atomic E-state index is -3.68. The highest BCUT2D eigenvalue weighted by atomic mass is 32.2. The first kappa shape index (κ1) is 17.9. The van der Waals surface area contributed by atoms with E-state index in [-0.39, 0.29) is 12.5 Å². The summed E-state index contributed by atoms with van der Waals surface area (Å²) in [4.78, 5) is 14.3. The van der Waals surface area contributed by atoms with Gasteiger partial charge in [-0.25, -0.2) is 8.42 Å². The van der Waals surface area contributed by atoms with Gasteiger partial charge in [0.25, 0.3) is 0 Å². The van der Waals surface area contributed by atoms with Gasteiger partial charge in [0.2, 0.25) is 15.9 Å². The summed E-state index contributed by atoms with van der Waals surface area (Å²) in [6, 6.07) is 3.71. The number of sulfonamides is 1. The van der Waals surface area contributed by atoms with Crippen LogP contribution in [0.2, 0.25) is 0 Å². The quantitative estimate of drug-likeness (QED) is 0.875. The number of aryl methyl sites for hydroxylation is 3. The van der Waals surface area contributed by atoms with Crippen molar-refractivity contribution >= 4 is 15.9 Å². The number of hydrogen-bond donors (Lipinski definition) is 1. The monoisotopic (exact) mass is 339 g/mol. The lowest BCUT2D eigenvalue weighted by Gasteiger charge is -2.29. The van der Waals surface area contributed by atoms with Gasteiger partial charge in [0, 0.05) is 33.2 Å². The van der Waals surface area contributed by atoms with Crippen LogP contribution in [0.1, 0.15) is 16.7 Å². The molecule has 0 aromatic heterocycles. The summed E-state index contributed by atoms with van der Waals surface area (Å²) in [5, 5.41) is 3.17. The summed E-state index contributed by atoms with van der Waals surface area (Å²) in [5.41, 5.74) is 2.45. The zero-order valence-corrected chi connectivity index (χ0v) is 15.0. The Morgan fingerprint density at radius 3 is 2.22 bits per heavy atom. The molecule has 1 heterocycles. The Balaban J connectivity index is 2.20. The molecule has 0 atom stereocenters. The van der Waals surface area contributed by atoms with E-state index < -0.39 is 10.0 Å². The van der Waals surface area contributed by atoms with Crippen molar-refractivity contribution in [2.45, 2.75) is 25.7 Å². The van der Waals surface area contributed by atoms with Gasteiger partial charge >= 0.3 is 0 Å². The molecule has 1 fully saturated rings. The Hall–Kier alpha value is -1.44. The summed E-state index contributed by atoms with van der Waals surface area (Å²) in [7, 11) is -2.21. The van der Waals surface area contributed by atoms with Gasteiger partial charge in [0.1, 0.15) is 0 Å². The number of likely N-dealkylation sites (N-methyl/N-ethyl adjacent to an activating group) is 1. The lowest BCUT2D eigenvalue weighted by atomic mass is 10.1. The first-order valence-electron chi connectivity index (χ1n) is 7.76. The fourth-order valence-electron chi connectivity index (χ4n) is 3.02. The second-order valence-electron chi connectivity index (χ2n) is 6.12. The van der Waals surface area contributed by atoms with Crippen LogP contribution in [0, 0.1) is 20.8 Å². The maximum Gasteiger partial charge on any atom is 0.243 e. The van der Waals surface area contributed by atoms with Crippen molar-refractivity contribution < 1.29 is 13.2 Å². The van der Waals surface area contributed by atoms with Crippen LogP contribution in [-0.2, 0) is 14.8 Å². The fraction of sp³-hybridized carbons (Fsp3) is 0.562. The maximum absolute atomic E-state index is 12.8. The Labute approximate surface area is 138 Å². The van der Waals surface area contributed by atoms with Gasteiger partial charge in [0.05, 0.1) is 11.4 Å². The van der Waals surface area contributed by atoms with Crippen molar-refractivity contribution in [1.82, 2.24) is 14.5 Å². The van der Waals surface area contributed by atoms with Gasteiger partial charge in [-0.3, -0.25) is 4.79 Å². The molecular weight excluding hydrogens is 314 g/mol. The topological polar surface area (TPSA) is 69.7 Å². The zero-order chi connectivity index (χ0) is 17.2. The summed E-state index contributed by atoms with van der Waals surface area (Å²) in [5.74, 6) is -0.153. The minimum Gasteiger partial charge on any atom is -0.339 e. The summed E-state index contributed by atoms with van der Waals surface area (Å²) >= 11 is 0. The molecule has 23 heavy (non-hydrogen) atoms. The molecule has 128 valence electrons. The number of benzene rings is 1. The maximum atomic E-state index is 12.8. The van der Waals surface area contributed by atoms with Crippen LogP contribution in [-0.4, -0.2) is 63.3 Å². The third-order valence-electron chi connectivity index (χ3n) is 4.10. The predicted octanol–water partition coefficient (Wildman–Crippen LogP) is 0.664. The van der Waals surface area contributed by atoms with Crippen LogP contribution in [0.4, 0.5) is 0 Å². The van der Waals surface area contributed by atoms with Gasteiger partial charge in [-0.15, -0.1) is 0 Å². The standard InChI is InChI=1S/C16H25N3O3S/c1-12-9-13(2)16(14(3)10-12)23(21,22)18(4)11-15(20)19-7-5-17-6-8-19/h9-10,17H,5-8,11H2,1-4H3. The molecule has 1 aromatic carbocycles. The van der Waals surface area contributed by atoms with Crippen LogP contribution in [0.5, 0.6) is 0 Å². The lowest BCUT2D eigenvalue weighted by molar-refractivity contribution is -0.131. The highest BCUT2D eigenvalue weighted by Gasteiger charge is 2.28. The van der Waals surface area contributed by atoms with Crippen LogP contribution in [0.3, 0.4) is 0 Å². The number of nitrogens with zero attached hydrogens (tertiary/aromatic N) is 2. The van der Waals surface area contributed by atoms with E-state index in [1.54, 1.807) is 18.7 Å². The van der Waals surface area contributed by atoms with Crippen molar-refractivity contribution in [3.8, 4) is 0 Å². The number of amides is 1. The van der Waals surface area contributed by atoms with Crippen LogP contribution >= 0.6 is 0 Å². The summed E-state index contributed by atoms with van der Waals surface area (Å²) in [6.45, 7) is 8.13. The first-order valence-corrected chi connectivity index (χ1v) is 9.20. The van der Waals surface area contributed by atoms with E-state index in [2.05, 4.69) is 5.32 Å². The number of hydrogen-bond acceptors (Lipinski definition) is 4. The molecule has 1 aliphatic heterocycles. The second-order valence-corrected chi connectivity index (χ2v) is 8.10. The predicted molar refractivity (Wildman–Crippen MR) is 89.9 cm³/mol. The number of piperazine rings is 1. The molecule has 7 heteroatoms. The Morgan fingerprint density at radius 2 is 1.70 bits per heavy atom. The molecule has 1 amide bonds. The molecule has 1 N–H and O–H groups in total. The highest BCUT2D eigenvalue weighted by molar-refractivity contribution is 7.89. The number of rotatable bonds is 4. The van der Waals surface area contributed by atoms with E-state index in [1.807, 2.05) is 19.1 Å². The van der Waals surface area contributed by atoms with Crippen LogP contribution < -0.4 is 5.32 Å². The molecule has 1 aromatic rings. The Kier molecular flexibility index (Phi) is 5.44. The molecule has 2 rings (SSSR count). The van der Waals surface area contributed by atoms with E-state index in [0.717, 1.165) is 23.0 Å². The van der Waals surface area contributed by atoms with E-state index in [0.29, 0.717) is 29.1 Å². The molecule has 6 nitrogen and oxygen atoms in total. The summed E-state index contributed by atoms with van der Waals surface area (Å²) < 4.78 is 26.8. The van der Waals surface area contributed by atoms with Gasteiger partial charge in [-0.05, 0) is 31.9 Å². The van der Waals surface area contributed by atoms with Crippen molar-refractivity contribution in [3.63, 3.8) is 0 Å². The van der Waals surface area contributed by atoms with Crippen LogP contribution in [0.15, 0.2) is 17.0 Å². The third-order valence-corrected chi connectivity index (χ3v) is 6.21. The average molecular weight is 339 g/mol.